The lowest BCUT2D eigenvalue weighted by atomic mass is 9.73. The van der Waals surface area contributed by atoms with E-state index in [1.807, 2.05) is 18.2 Å². The topological polar surface area (TPSA) is 83.4 Å². The minimum Gasteiger partial charge on any atom is -0.493 e. The van der Waals surface area contributed by atoms with Crippen molar-refractivity contribution in [2.24, 2.45) is 0 Å². The molecule has 1 fully saturated rings. The first-order valence-electron chi connectivity index (χ1n) is 14.1. The number of rotatable bonds is 13. The van der Waals surface area contributed by atoms with Gasteiger partial charge >= 0.3 is 0 Å². The first-order chi connectivity index (χ1) is 19.0. The Morgan fingerprint density at radius 3 is 2.33 bits per heavy atom. The zero-order chi connectivity index (χ0) is 27.8. The molecule has 1 aliphatic heterocycles. The molecule has 1 saturated heterocycles. The number of unbranched alkanes of at least 4 members (excludes halogenated alkanes) is 2. The first-order valence-corrected chi connectivity index (χ1v) is 14.1. The van der Waals surface area contributed by atoms with Crippen molar-refractivity contribution in [1.29, 1.82) is 5.26 Å². The van der Waals surface area contributed by atoms with E-state index in [4.69, 9.17) is 14.2 Å². The van der Waals surface area contributed by atoms with Crippen LogP contribution in [0.3, 0.4) is 0 Å². The van der Waals surface area contributed by atoms with Gasteiger partial charge in [-0.1, -0.05) is 26.2 Å². The van der Waals surface area contributed by atoms with Crippen LogP contribution < -0.4 is 14.2 Å². The summed E-state index contributed by atoms with van der Waals surface area (Å²) in [6.07, 6.45) is 7.74. The lowest BCUT2D eigenvalue weighted by Gasteiger charge is -2.33. The van der Waals surface area contributed by atoms with E-state index in [0.29, 0.717) is 28.7 Å². The molecule has 1 atom stereocenters. The highest BCUT2D eigenvalue weighted by molar-refractivity contribution is 5.81. The van der Waals surface area contributed by atoms with Gasteiger partial charge in [-0.2, -0.15) is 10.4 Å². The molecule has 0 bridgehead atoms. The largest absolute Gasteiger partial charge is 0.493 e. The van der Waals surface area contributed by atoms with Gasteiger partial charge in [0.2, 0.25) is 5.75 Å². The first kappa shape index (κ1) is 28.7. The van der Waals surface area contributed by atoms with Crippen LogP contribution >= 0.6 is 0 Å². The zero-order valence-corrected chi connectivity index (χ0v) is 23.7. The molecule has 0 radical (unpaired) electrons. The molecule has 1 unspecified atom stereocenters. The van der Waals surface area contributed by atoms with Crippen molar-refractivity contribution in [3.05, 3.63) is 47.4 Å². The Kier molecular flexibility index (Phi) is 9.68. The number of likely N-dealkylation sites (tertiary alicyclic amines) is 1. The minimum absolute atomic E-state index is 0.259. The number of fused-ring (bicyclic) bond motifs is 1. The number of methoxy groups -OCH3 is 3. The van der Waals surface area contributed by atoms with Gasteiger partial charge < -0.3 is 19.1 Å². The van der Waals surface area contributed by atoms with Crippen LogP contribution in [-0.4, -0.2) is 56.1 Å². The molecule has 2 aromatic carbocycles. The summed E-state index contributed by atoms with van der Waals surface area (Å²) >= 11 is 0. The van der Waals surface area contributed by atoms with Crippen LogP contribution in [0.5, 0.6) is 17.2 Å². The quantitative estimate of drug-likeness (QED) is 0.244. The van der Waals surface area contributed by atoms with Gasteiger partial charge in [0.1, 0.15) is 5.82 Å². The maximum absolute atomic E-state index is 13.6. The number of H-pyrrole nitrogens is 1. The van der Waals surface area contributed by atoms with E-state index in [-0.39, 0.29) is 5.82 Å². The number of benzene rings is 2. The van der Waals surface area contributed by atoms with Gasteiger partial charge in [-0.3, -0.25) is 5.10 Å². The third kappa shape index (κ3) is 6.30. The summed E-state index contributed by atoms with van der Waals surface area (Å²) in [7, 11) is 4.82. The molecule has 3 aromatic rings. The summed E-state index contributed by atoms with van der Waals surface area (Å²) in [5, 5.41) is 19.1. The average molecular weight is 537 g/mol. The number of halogens is 1. The van der Waals surface area contributed by atoms with Crippen molar-refractivity contribution in [3.8, 4) is 23.3 Å². The smallest absolute Gasteiger partial charge is 0.203 e. The normalized spacial score (nSPS) is 16.1. The fraction of sp³-hybridized carbons (Fsp3) is 0.548. The van der Waals surface area contributed by atoms with Gasteiger partial charge in [0.05, 0.1) is 38.3 Å². The molecule has 2 heterocycles. The Balaban J connectivity index is 1.43. The molecule has 8 heteroatoms. The van der Waals surface area contributed by atoms with E-state index in [1.165, 1.54) is 12.1 Å². The van der Waals surface area contributed by atoms with Crippen molar-refractivity contribution < 1.29 is 18.6 Å². The standard InChI is InChI=1S/C31H41FN4O3/c1-5-6-7-13-31(21-33,23-18-27(37-2)30(39-4)28(19-23)38-3)14-8-15-36-16-11-22(12-17-36)29-25-10-9-24(32)20-26(25)34-35-29/h9-10,18-20,22H,5-8,11-17H2,1-4H3,(H,34,35). The van der Waals surface area contributed by atoms with Gasteiger partial charge in [-0.05, 0) is 81.6 Å². The summed E-state index contributed by atoms with van der Waals surface area (Å²) in [6.45, 7) is 5.11. The number of nitrogens with one attached hydrogen (secondary N) is 1. The van der Waals surface area contributed by atoms with Crippen molar-refractivity contribution in [2.45, 2.75) is 69.6 Å². The summed E-state index contributed by atoms with van der Waals surface area (Å²) in [4.78, 5) is 2.50. The molecular weight excluding hydrogens is 495 g/mol. The average Bonchev–Trinajstić information content (AvgIpc) is 3.39. The fourth-order valence-corrected chi connectivity index (χ4v) is 5.99. The molecule has 1 aliphatic rings. The molecule has 39 heavy (non-hydrogen) atoms. The van der Waals surface area contributed by atoms with Crippen molar-refractivity contribution >= 4 is 10.9 Å². The van der Waals surface area contributed by atoms with Crippen LogP contribution in [0.2, 0.25) is 0 Å². The molecule has 0 amide bonds. The Labute approximate surface area is 231 Å². The third-order valence-electron chi connectivity index (χ3n) is 8.26. The number of hydrogen-bond donors (Lipinski definition) is 1. The van der Waals surface area contributed by atoms with Gasteiger partial charge in [0.15, 0.2) is 11.5 Å². The van der Waals surface area contributed by atoms with Crippen molar-refractivity contribution in [1.82, 2.24) is 15.1 Å². The SMILES string of the molecule is CCCCCC(C#N)(CCCN1CCC(c2[nH]nc3cc(F)ccc23)CC1)c1cc(OC)c(OC)c(OC)c1. The molecule has 0 saturated carbocycles. The van der Waals surface area contributed by atoms with Gasteiger partial charge in [0.25, 0.3) is 0 Å². The van der Waals surface area contributed by atoms with E-state index in [0.717, 1.165) is 87.6 Å². The second-order valence-corrected chi connectivity index (χ2v) is 10.6. The highest BCUT2D eigenvalue weighted by Gasteiger charge is 2.34. The van der Waals surface area contributed by atoms with Crippen LogP contribution in [-0.2, 0) is 5.41 Å². The van der Waals surface area contributed by atoms with Gasteiger partial charge in [-0.25, -0.2) is 4.39 Å². The Morgan fingerprint density at radius 1 is 1.03 bits per heavy atom. The number of hydrogen-bond acceptors (Lipinski definition) is 6. The highest BCUT2D eigenvalue weighted by atomic mass is 19.1. The second kappa shape index (κ2) is 13.2. The maximum Gasteiger partial charge on any atom is 0.203 e. The Bertz CT molecular complexity index is 1250. The number of aromatic nitrogens is 2. The van der Waals surface area contributed by atoms with Crippen LogP contribution in [0.25, 0.3) is 10.9 Å². The zero-order valence-electron chi connectivity index (χ0n) is 23.7. The molecule has 1 N–H and O–H groups in total. The lowest BCUT2D eigenvalue weighted by molar-refractivity contribution is 0.203. The van der Waals surface area contributed by atoms with Crippen molar-refractivity contribution in [3.63, 3.8) is 0 Å². The molecule has 0 spiro atoms. The van der Waals surface area contributed by atoms with Crippen LogP contribution in [0.15, 0.2) is 30.3 Å². The molecular formula is C31H41FN4O3. The highest BCUT2D eigenvalue weighted by Crippen LogP contribution is 2.44. The minimum atomic E-state index is -0.621. The maximum atomic E-state index is 13.6. The van der Waals surface area contributed by atoms with Crippen molar-refractivity contribution in [2.75, 3.05) is 41.0 Å². The van der Waals surface area contributed by atoms with Gasteiger partial charge in [-0.15, -0.1) is 0 Å². The monoisotopic (exact) mass is 536 g/mol. The number of nitriles is 1. The van der Waals surface area contributed by atoms with Crippen LogP contribution in [0, 0.1) is 17.1 Å². The number of aromatic amines is 1. The predicted molar refractivity (Wildman–Crippen MR) is 151 cm³/mol. The number of ether oxygens (including phenoxy) is 3. The Morgan fingerprint density at radius 2 is 1.72 bits per heavy atom. The second-order valence-electron chi connectivity index (χ2n) is 10.6. The summed E-state index contributed by atoms with van der Waals surface area (Å²) in [6, 6.07) is 11.4. The molecule has 1 aromatic heterocycles. The Hall–Kier alpha value is -3.31. The van der Waals surface area contributed by atoms with E-state index in [9.17, 15) is 9.65 Å². The fourth-order valence-electron chi connectivity index (χ4n) is 5.99. The lowest BCUT2D eigenvalue weighted by Crippen LogP contribution is -2.35. The summed E-state index contributed by atoms with van der Waals surface area (Å²) < 4.78 is 30.3. The number of nitrogens with zero attached hydrogens (tertiary/aromatic N) is 3. The van der Waals surface area contributed by atoms with Gasteiger partial charge in [0, 0.05) is 23.1 Å². The molecule has 7 nitrogen and oxygen atoms in total. The summed E-state index contributed by atoms with van der Waals surface area (Å²) in [5.74, 6) is 1.84. The molecule has 0 aliphatic carbocycles. The van der Waals surface area contributed by atoms with E-state index in [1.54, 1.807) is 21.3 Å². The van der Waals surface area contributed by atoms with E-state index >= 15 is 0 Å². The predicted octanol–water partition coefficient (Wildman–Crippen LogP) is 6.73. The third-order valence-corrected chi connectivity index (χ3v) is 8.26. The summed E-state index contributed by atoms with van der Waals surface area (Å²) in [5.41, 5.74) is 2.11. The molecule has 4 rings (SSSR count). The van der Waals surface area contributed by atoms with Crippen LogP contribution in [0.4, 0.5) is 4.39 Å². The number of piperidine rings is 1. The van der Waals surface area contributed by atoms with E-state index in [2.05, 4.69) is 28.1 Å². The van der Waals surface area contributed by atoms with E-state index < -0.39 is 5.41 Å². The molecule has 210 valence electrons. The van der Waals surface area contributed by atoms with Crippen LogP contribution in [0.1, 0.15) is 75.5 Å².